The molecule has 3 rings (SSSR count). The molecular weight excluding hydrogens is 440 g/mol. The number of halogens is 1. The number of urea groups is 1. The lowest BCUT2D eigenvalue weighted by molar-refractivity contribution is 0.202. The minimum Gasteiger partial charge on any atom is -0.319 e. The molecule has 2 aromatic heterocycles. The molecule has 0 aliphatic heterocycles. The smallest absolute Gasteiger partial charge is 0.319 e. The number of nitrogens with zero attached hydrogens (tertiary/aromatic N) is 5. The van der Waals surface area contributed by atoms with Crippen LogP contribution in [0.4, 0.5) is 9.93 Å². The lowest BCUT2D eigenvalue weighted by Gasteiger charge is -2.24. The van der Waals surface area contributed by atoms with Crippen LogP contribution in [-0.4, -0.2) is 58.2 Å². The number of carbonyl (C=O) groups excluding carboxylic acids is 1. The molecule has 0 radical (unpaired) electrons. The number of anilines is 1. The van der Waals surface area contributed by atoms with E-state index in [0.29, 0.717) is 23.2 Å². The number of benzene rings is 1. The Morgan fingerprint density at radius 1 is 1.11 bits per heavy atom. The van der Waals surface area contributed by atoms with Gasteiger partial charge in [-0.25, -0.2) is 4.79 Å². The van der Waals surface area contributed by atoms with Gasteiger partial charge in [0.25, 0.3) is 0 Å². The lowest BCUT2D eigenvalue weighted by atomic mass is 10.2. The Bertz CT molecular complexity index is 900. The number of hydrogen-bond donors (Lipinski definition) is 1. The van der Waals surface area contributed by atoms with Gasteiger partial charge in [0.1, 0.15) is 5.69 Å². The Morgan fingerprint density at radius 2 is 1.89 bits per heavy atom. The molecule has 0 saturated carbocycles. The largest absolute Gasteiger partial charge is 0.324 e. The van der Waals surface area contributed by atoms with Crippen LogP contribution in [0.1, 0.15) is 5.56 Å². The summed E-state index contributed by atoms with van der Waals surface area (Å²) in [5, 5.41) is 12.2. The predicted octanol–water partition coefficient (Wildman–Crippen LogP) is 3.96. The van der Waals surface area contributed by atoms with Crippen molar-refractivity contribution in [2.75, 3.05) is 32.5 Å². The van der Waals surface area contributed by atoms with Crippen LogP contribution in [0.15, 0.2) is 53.1 Å². The summed E-state index contributed by atoms with van der Waals surface area (Å²) < 4.78 is 1.01. The van der Waals surface area contributed by atoms with Gasteiger partial charge >= 0.3 is 6.03 Å². The Labute approximate surface area is 176 Å². The van der Waals surface area contributed by atoms with Crippen LogP contribution in [0.3, 0.4) is 0 Å². The van der Waals surface area contributed by atoms with Gasteiger partial charge in [0.05, 0.1) is 0 Å². The molecule has 0 bridgehead atoms. The van der Waals surface area contributed by atoms with Crippen LogP contribution in [0.25, 0.3) is 10.7 Å². The molecule has 7 nitrogen and oxygen atoms in total. The normalized spacial score (nSPS) is 10.9. The average Bonchev–Trinajstić information content (AvgIpc) is 3.15. The first-order valence-corrected chi connectivity index (χ1v) is 10.3. The molecule has 146 valence electrons. The van der Waals surface area contributed by atoms with Crippen LogP contribution >= 0.6 is 27.3 Å². The van der Waals surface area contributed by atoms with Crippen molar-refractivity contribution in [3.63, 3.8) is 0 Å². The fourth-order valence-electron chi connectivity index (χ4n) is 2.42. The summed E-state index contributed by atoms with van der Waals surface area (Å²) in [4.78, 5) is 20.9. The van der Waals surface area contributed by atoms with Crippen LogP contribution in [0.5, 0.6) is 0 Å². The summed E-state index contributed by atoms with van der Waals surface area (Å²) in [7, 11) is 3.97. The quantitative estimate of drug-likeness (QED) is 0.577. The first-order chi connectivity index (χ1) is 13.5. The van der Waals surface area contributed by atoms with Crippen molar-refractivity contribution in [2.45, 2.75) is 6.54 Å². The van der Waals surface area contributed by atoms with Crippen LogP contribution < -0.4 is 5.32 Å². The number of carbonyl (C=O) groups is 1. The summed E-state index contributed by atoms with van der Waals surface area (Å²) in [6.45, 7) is 1.87. The Balaban J connectivity index is 1.69. The Hall–Kier alpha value is -2.36. The molecule has 0 atom stereocenters. The summed E-state index contributed by atoms with van der Waals surface area (Å²) in [6.07, 6.45) is 1.70. The number of likely N-dealkylation sites (N-methyl/N-ethyl adjacent to an activating group) is 1. The molecule has 2 heterocycles. The highest BCUT2D eigenvalue weighted by Crippen LogP contribution is 2.24. The number of hydrogen-bond acceptors (Lipinski definition) is 6. The molecule has 0 fully saturated rings. The Morgan fingerprint density at radius 3 is 2.57 bits per heavy atom. The van der Waals surface area contributed by atoms with Crippen molar-refractivity contribution < 1.29 is 4.79 Å². The summed E-state index contributed by atoms with van der Waals surface area (Å²) in [5.41, 5.74) is 1.79. The van der Waals surface area contributed by atoms with E-state index in [9.17, 15) is 4.79 Å². The maximum absolute atomic E-state index is 12.9. The molecule has 0 unspecified atom stereocenters. The van der Waals surface area contributed by atoms with Gasteiger partial charge in [-0.3, -0.25) is 10.3 Å². The van der Waals surface area contributed by atoms with Gasteiger partial charge in [-0.15, -0.1) is 10.2 Å². The van der Waals surface area contributed by atoms with Crippen LogP contribution in [0.2, 0.25) is 0 Å². The number of amides is 2. The molecule has 0 aliphatic rings. The second-order valence-corrected chi connectivity index (χ2v) is 8.30. The van der Waals surface area contributed by atoms with Crippen molar-refractivity contribution in [3.05, 3.63) is 58.7 Å². The van der Waals surface area contributed by atoms with E-state index in [1.165, 1.54) is 11.3 Å². The van der Waals surface area contributed by atoms with Gasteiger partial charge in [-0.05, 0) is 43.9 Å². The van der Waals surface area contributed by atoms with E-state index in [1.54, 1.807) is 11.1 Å². The molecule has 28 heavy (non-hydrogen) atoms. The minimum absolute atomic E-state index is 0.200. The van der Waals surface area contributed by atoms with Gasteiger partial charge < -0.3 is 9.80 Å². The van der Waals surface area contributed by atoms with Crippen molar-refractivity contribution in [1.29, 1.82) is 0 Å². The highest BCUT2D eigenvalue weighted by molar-refractivity contribution is 9.10. The highest BCUT2D eigenvalue weighted by atomic mass is 79.9. The van der Waals surface area contributed by atoms with Gasteiger partial charge in [-0.2, -0.15) is 0 Å². The standard InChI is InChI=1S/C19H21BrN6OS/c1-25(2)11-12-26(13-14-6-8-15(20)9-7-14)19(27)22-18-24-23-17(28-18)16-5-3-4-10-21-16/h3-10H,11-13H2,1-2H3,(H,22,24,27). The minimum atomic E-state index is -0.200. The van der Waals surface area contributed by atoms with Crippen LogP contribution in [0, 0.1) is 0 Å². The molecule has 3 aromatic rings. The molecular formula is C19H21BrN6OS. The first kappa shape index (κ1) is 20.4. The van der Waals surface area contributed by atoms with Gasteiger partial charge in [0.2, 0.25) is 5.13 Å². The zero-order valence-electron chi connectivity index (χ0n) is 15.7. The maximum Gasteiger partial charge on any atom is 0.324 e. The van der Waals surface area contributed by atoms with E-state index in [-0.39, 0.29) is 6.03 Å². The fraction of sp³-hybridized carbons (Fsp3) is 0.263. The molecule has 0 saturated heterocycles. The maximum atomic E-state index is 12.9. The number of pyridine rings is 1. The highest BCUT2D eigenvalue weighted by Gasteiger charge is 2.17. The molecule has 9 heteroatoms. The van der Waals surface area contributed by atoms with E-state index >= 15 is 0 Å². The van der Waals surface area contributed by atoms with E-state index in [4.69, 9.17) is 0 Å². The average molecular weight is 461 g/mol. The number of aromatic nitrogens is 3. The molecule has 0 aliphatic carbocycles. The second kappa shape index (κ2) is 9.72. The van der Waals surface area contributed by atoms with E-state index in [0.717, 1.165) is 22.3 Å². The third kappa shape index (κ3) is 5.82. The van der Waals surface area contributed by atoms with Crippen molar-refractivity contribution in [3.8, 4) is 10.7 Å². The van der Waals surface area contributed by atoms with Gasteiger partial charge in [0, 0.05) is 30.3 Å². The first-order valence-electron chi connectivity index (χ1n) is 8.71. The summed E-state index contributed by atoms with van der Waals surface area (Å²) in [6, 6.07) is 13.4. The Kier molecular flexibility index (Phi) is 7.07. The second-order valence-electron chi connectivity index (χ2n) is 6.41. The third-order valence-electron chi connectivity index (χ3n) is 3.91. The van der Waals surface area contributed by atoms with Gasteiger partial charge in [0.15, 0.2) is 5.01 Å². The number of rotatable bonds is 7. The molecule has 1 aromatic carbocycles. The predicted molar refractivity (Wildman–Crippen MR) is 115 cm³/mol. The van der Waals surface area contributed by atoms with Crippen molar-refractivity contribution in [2.24, 2.45) is 0 Å². The van der Waals surface area contributed by atoms with E-state index in [2.05, 4.69) is 36.4 Å². The third-order valence-corrected chi connectivity index (χ3v) is 5.30. The zero-order valence-corrected chi connectivity index (χ0v) is 18.1. The van der Waals surface area contributed by atoms with E-state index in [1.807, 2.05) is 61.5 Å². The number of nitrogens with one attached hydrogen (secondary N) is 1. The van der Waals surface area contributed by atoms with Crippen molar-refractivity contribution in [1.82, 2.24) is 25.0 Å². The monoisotopic (exact) mass is 460 g/mol. The van der Waals surface area contributed by atoms with Gasteiger partial charge in [-0.1, -0.05) is 45.5 Å². The fourth-order valence-corrected chi connectivity index (χ4v) is 3.39. The summed E-state index contributed by atoms with van der Waals surface area (Å²) in [5.74, 6) is 0. The van der Waals surface area contributed by atoms with Crippen LogP contribution in [-0.2, 0) is 6.54 Å². The summed E-state index contributed by atoms with van der Waals surface area (Å²) >= 11 is 4.74. The van der Waals surface area contributed by atoms with E-state index < -0.39 is 0 Å². The van der Waals surface area contributed by atoms with Crippen molar-refractivity contribution >= 4 is 38.4 Å². The lowest BCUT2D eigenvalue weighted by Crippen LogP contribution is -2.39. The molecule has 2 amide bonds. The molecule has 0 spiro atoms. The SMILES string of the molecule is CN(C)CCN(Cc1ccc(Br)cc1)C(=O)Nc1nnc(-c2ccccn2)s1. The zero-order chi connectivity index (χ0) is 19.9. The topological polar surface area (TPSA) is 74.2 Å². The molecule has 1 N–H and O–H groups in total.